The Hall–Kier alpha value is -0.430. The van der Waals surface area contributed by atoms with Gasteiger partial charge in [0.25, 0.3) is 0 Å². The predicted molar refractivity (Wildman–Crippen MR) is 67.1 cm³/mol. The van der Waals surface area contributed by atoms with E-state index in [4.69, 9.17) is 4.74 Å². The van der Waals surface area contributed by atoms with Gasteiger partial charge in [-0.3, -0.25) is 0 Å². The molecule has 1 fully saturated rings. The Morgan fingerprint density at radius 1 is 1.47 bits per heavy atom. The van der Waals surface area contributed by atoms with Crippen molar-refractivity contribution in [3.63, 3.8) is 0 Å². The van der Waals surface area contributed by atoms with Crippen molar-refractivity contribution >= 4 is 28.4 Å². The minimum Gasteiger partial charge on any atom is -0.381 e. The summed E-state index contributed by atoms with van der Waals surface area (Å²) in [5.74, 6) is 2.33. The van der Waals surface area contributed by atoms with Crippen LogP contribution >= 0.6 is 22.6 Å². The van der Waals surface area contributed by atoms with Gasteiger partial charge in [0.15, 0.2) is 0 Å². The van der Waals surface area contributed by atoms with Crippen molar-refractivity contribution in [3.8, 4) is 0 Å². The molecule has 0 saturated carbocycles. The molecule has 0 aromatic carbocycles. The van der Waals surface area contributed by atoms with Crippen LogP contribution in [-0.2, 0) is 4.74 Å². The zero-order valence-electron chi connectivity index (χ0n) is 8.66. The van der Waals surface area contributed by atoms with Crippen molar-refractivity contribution in [2.75, 3.05) is 25.6 Å². The molecule has 1 saturated heterocycles. The van der Waals surface area contributed by atoms with E-state index in [0.717, 1.165) is 41.3 Å². The first kappa shape index (κ1) is 11.1. The van der Waals surface area contributed by atoms with Crippen molar-refractivity contribution in [2.45, 2.75) is 18.8 Å². The summed E-state index contributed by atoms with van der Waals surface area (Å²) in [5.41, 5.74) is 0. The molecule has 1 aliphatic heterocycles. The second-order valence-electron chi connectivity index (χ2n) is 3.56. The highest BCUT2D eigenvalue weighted by atomic mass is 127. The third kappa shape index (κ3) is 2.57. The van der Waals surface area contributed by atoms with Crippen LogP contribution in [0.25, 0.3) is 0 Å². The molecule has 82 valence electrons. The van der Waals surface area contributed by atoms with Crippen LogP contribution in [0.5, 0.6) is 0 Å². The van der Waals surface area contributed by atoms with Gasteiger partial charge in [-0.2, -0.15) is 0 Å². The molecule has 1 aromatic rings. The van der Waals surface area contributed by atoms with Crippen molar-refractivity contribution in [1.29, 1.82) is 0 Å². The standard InChI is InChI=1S/C10H14IN3O/c1-12-10-8(11)6-13-9(14-10)7-2-4-15-5-3-7/h6-7H,2-5H2,1H3,(H,12,13,14). The lowest BCUT2D eigenvalue weighted by Crippen LogP contribution is -2.17. The smallest absolute Gasteiger partial charge is 0.142 e. The number of aromatic nitrogens is 2. The summed E-state index contributed by atoms with van der Waals surface area (Å²) in [6.45, 7) is 1.66. The van der Waals surface area contributed by atoms with E-state index in [9.17, 15) is 0 Å². The van der Waals surface area contributed by atoms with Crippen LogP contribution < -0.4 is 5.32 Å². The first-order valence-electron chi connectivity index (χ1n) is 5.09. The Balaban J connectivity index is 2.20. The van der Waals surface area contributed by atoms with Gasteiger partial charge in [-0.1, -0.05) is 0 Å². The molecular weight excluding hydrogens is 305 g/mol. The van der Waals surface area contributed by atoms with E-state index in [0.29, 0.717) is 5.92 Å². The van der Waals surface area contributed by atoms with Gasteiger partial charge < -0.3 is 10.1 Å². The molecule has 1 aliphatic rings. The molecule has 0 spiro atoms. The number of ether oxygens (including phenoxy) is 1. The quantitative estimate of drug-likeness (QED) is 0.847. The van der Waals surface area contributed by atoms with Crippen molar-refractivity contribution < 1.29 is 4.74 Å². The van der Waals surface area contributed by atoms with Crippen LogP contribution in [0.4, 0.5) is 5.82 Å². The van der Waals surface area contributed by atoms with Crippen molar-refractivity contribution in [2.24, 2.45) is 0 Å². The van der Waals surface area contributed by atoms with Crippen LogP contribution in [-0.4, -0.2) is 30.2 Å². The van der Waals surface area contributed by atoms with Crippen LogP contribution in [0.1, 0.15) is 24.6 Å². The van der Waals surface area contributed by atoms with Crippen LogP contribution in [0.2, 0.25) is 0 Å². The fourth-order valence-electron chi connectivity index (χ4n) is 1.71. The molecule has 0 bridgehead atoms. The summed E-state index contributed by atoms with van der Waals surface area (Å²) in [5, 5.41) is 3.08. The summed E-state index contributed by atoms with van der Waals surface area (Å²) >= 11 is 2.24. The summed E-state index contributed by atoms with van der Waals surface area (Å²) < 4.78 is 6.39. The lowest BCUT2D eigenvalue weighted by Gasteiger charge is -2.21. The molecule has 1 N–H and O–H groups in total. The topological polar surface area (TPSA) is 47.0 Å². The summed E-state index contributed by atoms with van der Waals surface area (Å²) in [6.07, 6.45) is 3.94. The zero-order chi connectivity index (χ0) is 10.7. The molecule has 15 heavy (non-hydrogen) atoms. The summed E-state index contributed by atoms with van der Waals surface area (Å²) in [6, 6.07) is 0. The minimum atomic E-state index is 0.461. The molecule has 0 unspecified atom stereocenters. The van der Waals surface area contributed by atoms with Gasteiger partial charge >= 0.3 is 0 Å². The van der Waals surface area contributed by atoms with Crippen LogP contribution in [0, 0.1) is 3.57 Å². The molecule has 0 aliphatic carbocycles. The third-order valence-electron chi connectivity index (χ3n) is 2.59. The minimum absolute atomic E-state index is 0.461. The van der Waals surface area contributed by atoms with Crippen LogP contribution in [0.15, 0.2) is 6.20 Å². The first-order chi connectivity index (χ1) is 7.31. The highest BCUT2D eigenvalue weighted by molar-refractivity contribution is 14.1. The van der Waals surface area contributed by atoms with E-state index in [2.05, 4.69) is 37.9 Å². The highest BCUT2D eigenvalue weighted by Gasteiger charge is 2.19. The molecule has 2 heterocycles. The Kier molecular flexibility index (Phi) is 3.74. The average molecular weight is 319 g/mol. The average Bonchev–Trinajstić information content (AvgIpc) is 2.31. The van der Waals surface area contributed by atoms with E-state index >= 15 is 0 Å². The maximum absolute atomic E-state index is 5.33. The molecule has 0 atom stereocenters. The van der Waals surface area contributed by atoms with Gasteiger partial charge in [0.05, 0.1) is 3.57 Å². The largest absolute Gasteiger partial charge is 0.381 e. The molecule has 0 amide bonds. The normalized spacial score (nSPS) is 17.7. The molecule has 5 heteroatoms. The fourth-order valence-corrected chi connectivity index (χ4v) is 2.24. The monoisotopic (exact) mass is 319 g/mol. The SMILES string of the molecule is CNc1nc(C2CCOCC2)ncc1I. The maximum atomic E-state index is 5.33. The maximum Gasteiger partial charge on any atom is 0.142 e. The second-order valence-corrected chi connectivity index (χ2v) is 4.72. The molecule has 0 radical (unpaired) electrons. The summed E-state index contributed by atoms with van der Waals surface area (Å²) in [7, 11) is 1.89. The third-order valence-corrected chi connectivity index (χ3v) is 3.38. The number of halogens is 1. The van der Waals surface area contributed by atoms with Gasteiger partial charge in [0.1, 0.15) is 11.6 Å². The van der Waals surface area contributed by atoms with Gasteiger partial charge in [0, 0.05) is 32.4 Å². The fraction of sp³-hybridized carbons (Fsp3) is 0.600. The van der Waals surface area contributed by atoms with E-state index in [1.54, 1.807) is 0 Å². The van der Waals surface area contributed by atoms with E-state index < -0.39 is 0 Å². The molecular formula is C10H14IN3O. The van der Waals surface area contributed by atoms with Gasteiger partial charge in [-0.15, -0.1) is 0 Å². The van der Waals surface area contributed by atoms with Gasteiger partial charge in [-0.25, -0.2) is 9.97 Å². The van der Waals surface area contributed by atoms with E-state index in [1.807, 2.05) is 13.2 Å². The van der Waals surface area contributed by atoms with Crippen molar-refractivity contribution in [1.82, 2.24) is 9.97 Å². The number of nitrogens with one attached hydrogen (secondary N) is 1. The predicted octanol–water partition coefficient (Wildman–Crippen LogP) is 2.02. The highest BCUT2D eigenvalue weighted by Crippen LogP contribution is 2.25. The molecule has 4 nitrogen and oxygen atoms in total. The lowest BCUT2D eigenvalue weighted by molar-refractivity contribution is 0.0836. The Morgan fingerprint density at radius 3 is 2.87 bits per heavy atom. The first-order valence-corrected chi connectivity index (χ1v) is 6.17. The second kappa shape index (κ2) is 5.07. The number of anilines is 1. The van der Waals surface area contributed by atoms with E-state index in [1.165, 1.54) is 0 Å². The lowest BCUT2D eigenvalue weighted by atomic mass is 9.99. The summed E-state index contributed by atoms with van der Waals surface area (Å²) in [4.78, 5) is 8.93. The Labute approximate surface area is 103 Å². The van der Waals surface area contributed by atoms with Crippen molar-refractivity contribution in [3.05, 3.63) is 15.6 Å². The number of hydrogen-bond acceptors (Lipinski definition) is 4. The number of rotatable bonds is 2. The molecule has 2 rings (SSSR count). The zero-order valence-corrected chi connectivity index (χ0v) is 10.8. The Bertz CT molecular complexity index is 339. The number of hydrogen-bond donors (Lipinski definition) is 1. The molecule has 1 aromatic heterocycles. The van der Waals surface area contributed by atoms with Crippen LogP contribution in [0.3, 0.4) is 0 Å². The van der Waals surface area contributed by atoms with Gasteiger partial charge in [0.2, 0.25) is 0 Å². The number of nitrogens with zero attached hydrogens (tertiary/aromatic N) is 2. The Morgan fingerprint density at radius 2 is 2.20 bits per heavy atom. The van der Waals surface area contributed by atoms with Gasteiger partial charge in [-0.05, 0) is 35.4 Å². The van der Waals surface area contributed by atoms with E-state index in [-0.39, 0.29) is 0 Å².